The van der Waals surface area contributed by atoms with Gasteiger partial charge >= 0.3 is 0 Å². The number of hydrogen-bond acceptors (Lipinski definition) is 4. The molecule has 1 atom stereocenters. The maximum atomic E-state index is 11.5. The molecule has 0 spiro atoms. The largest absolute Gasteiger partial charge is 0.358 e. The summed E-state index contributed by atoms with van der Waals surface area (Å²) in [6.45, 7) is 3.95. The molecule has 0 aliphatic rings. The van der Waals surface area contributed by atoms with Gasteiger partial charge in [0, 0.05) is 12.6 Å². The molecule has 0 saturated carbocycles. The number of benzene rings is 1. The van der Waals surface area contributed by atoms with Gasteiger partial charge in [-0.25, -0.2) is 4.98 Å². The van der Waals surface area contributed by atoms with Crippen LogP contribution in [-0.4, -0.2) is 33.4 Å². The van der Waals surface area contributed by atoms with Gasteiger partial charge in [-0.15, -0.1) is 5.10 Å². The molecule has 2 N–H and O–H groups in total. The summed E-state index contributed by atoms with van der Waals surface area (Å²) in [5, 5.41) is 10.0. The van der Waals surface area contributed by atoms with E-state index in [1.54, 1.807) is 7.05 Å². The molecule has 106 valence electrons. The summed E-state index contributed by atoms with van der Waals surface area (Å²) in [4.78, 5) is 15.9. The molecule has 0 aliphatic carbocycles. The van der Waals surface area contributed by atoms with Gasteiger partial charge in [0.1, 0.15) is 0 Å². The van der Waals surface area contributed by atoms with E-state index in [-0.39, 0.29) is 11.2 Å². The van der Waals surface area contributed by atoms with Crippen molar-refractivity contribution in [2.24, 2.45) is 0 Å². The van der Waals surface area contributed by atoms with Gasteiger partial charge in [-0.1, -0.05) is 43.0 Å². The average molecular weight is 290 g/mol. The van der Waals surface area contributed by atoms with Crippen molar-refractivity contribution in [2.45, 2.75) is 30.7 Å². The molecule has 0 radical (unpaired) electrons. The van der Waals surface area contributed by atoms with Crippen molar-refractivity contribution in [1.82, 2.24) is 20.5 Å². The monoisotopic (exact) mass is 290 g/mol. The van der Waals surface area contributed by atoms with Gasteiger partial charge in [-0.3, -0.25) is 9.89 Å². The standard InChI is InChI=1S/C14H18N4OS/c1-4-10-5-7-11(8-6-10)12-16-14(18-17-12)20-9(2)13(19)15-3/h5-9H,4H2,1-3H3,(H,15,19)(H,16,17,18)/t9-/m0/s1. The molecule has 0 aliphatic heterocycles. The van der Waals surface area contributed by atoms with Gasteiger partial charge in [-0.05, 0) is 18.9 Å². The van der Waals surface area contributed by atoms with E-state index in [1.165, 1.54) is 17.3 Å². The highest BCUT2D eigenvalue weighted by Crippen LogP contribution is 2.22. The van der Waals surface area contributed by atoms with Crippen molar-refractivity contribution < 1.29 is 4.79 Å². The fourth-order valence-electron chi connectivity index (χ4n) is 1.74. The summed E-state index contributed by atoms with van der Waals surface area (Å²) in [5.41, 5.74) is 2.28. The van der Waals surface area contributed by atoms with Crippen LogP contribution in [0.2, 0.25) is 0 Å². The Morgan fingerprint density at radius 3 is 2.70 bits per heavy atom. The van der Waals surface area contributed by atoms with Gasteiger partial charge in [0.2, 0.25) is 11.1 Å². The van der Waals surface area contributed by atoms with Crippen LogP contribution in [0.3, 0.4) is 0 Å². The van der Waals surface area contributed by atoms with Crippen LogP contribution < -0.4 is 5.32 Å². The van der Waals surface area contributed by atoms with Crippen molar-refractivity contribution in [3.05, 3.63) is 29.8 Å². The van der Waals surface area contributed by atoms with Crippen molar-refractivity contribution in [2.75, 3.05) is 7.05 Å². The van der Waals surface area contributed by atoms with Crippen LogP contribution in [0.4, 0.5) is 0 Å². The molecule has 1 amide bonds. The SMILES string of the molecule is CCc1ccc(-c2nc(S[C@@H](C)C(=O)NC)n[nH]2)cc1. The predicted octanol–water partition coefficient (Wildman–Crippen LogP) is 2.26. The number of aryl methyl sites for hydroxylation is 1. The van der Waals surface area contributed by atoms with Crippen LogP contribution in [0.5, 0.6) is 0 Å². The predicted molar refractivity (Wildman–Crippen MR) is 80.6 cm³/mol. The zero-order valence-electron chi connectivity index (χ0n) is 11.8. The number of nitrogens with zero attached hydrogens (tertiary/aromatic N) is 2. The lowest BCUT2D eigenvalue weighted by atomic mass is 10.1. The van der Waals surface area contributed by atoms with Gasteiger partial charge in [0.15, 0.2) is 5.82 Å². The Morgan fingerprint density at radius 1 is 1.40 bits per heavy atom. The number of carbonyl (C=O) groups is 1. The minimum atomic E-state index is -0.217. The third kappa shape index (κ3) is 3.39. The Bertz CT molecular complexity index is 579. The van der Waals surface area contributed by atoms with Crippen molar-refractivity contribution in [3.8, 4) is 11.4 Å². The quantitative estimate of drug-likeness (QED) is 0.829. The Balaban J connectivity index is 2.09. The van der Waals surface area contributed by atoms with Crippen LogP contribution >= 0.6 is 11.8 Å². The maximum Gasteiger partial charge on any atom is 0.233 e. The minimum absolute atomic E-state index is 0.0337. The fourth-order valence-corrected chi connectivity index (χ4v) is 2.52. The van der Waals surface area contributed by atoms with Crippen molar-refractivity contribution in [1.29, 1.82) is 0 Å². The normalized spacial score (nSPS) is 12.2. The molecule has 0 unspecified atom stereocenters. The van der Waals surface area contributed by atoms with E-state index in [9.17, 15) is 4.79 Å². The number of H-pyrrole nitrogens is 1. The van der Waals surface area contributed by atoms with Gasteiger partial charge in [0.25, 0.3) is 0 Å². The highest BCUT2D eigenvalue weighted by Gasteiger charge is 2.15. The van der Waals surface area contributed by atoms with Crippen LogP contribution in [-0.2, 0) is 11.2 Å². The van der Waals surface area contributed by atoms with Gasteiger partial charge < -0.3 is 5.32 Å². The lowest BCUT2D eigenvalue weighted by molar-refractivity contribution is -0.119. The van der Waals surface area contributed by atoms with Crippen molar-refractivity contribution in [3.63, 3.8) is 0 Å². The second-order valence-electron chi connectivity index (χ2n) is 4.39. The molecule has 0 fully saturated rings. The molecule has 0 bridgehead atoms. The number of nitrogens with one attached hydrogen (secondary N) is 2. The van der Waals surface area contributed by atoms with Crippen molar-refractivity contribution >= 4 is 17.7 Å². The molecule has 6 heteroatoms. The first-order chi connectivity index (χ1) is 9.63. The van der Waals surface area contributed by atoms with Crippen LogP contribution in [0.15, 0.2) is 29.4 Å². The third-order valence-electron chi connectivity index (χ3n) is 3.00. The van der Waals surface area contributed by atoms with Crippen LogP contribution in [0.25, 0.3) is 11.4 Å². The van der Waals surface area contributed by atoms with E-state index in [4.69, 9.17) is 0 Å². The summed E-state index contributed by atoms with van der Waals surface area (Å²) in [7, 11) is 1.62. The number of rotatable bonds is 5. The van der Waals surface area contributed by atoms with E-state index in [2.05, 4.69) is 39.6 Å². The molecule has 5 nitrogen and oxygen atoms in total. The number of hydrogen-bond donors (Lipinski definition) is 2. The molecule has 1 aromatic heterocycles. The summed E-state index contributed by atoms with van der Waals surface area (Å²) < 4.78 is 0. The topological polar surface area (TPSA) is 70.7 Å². The van der Waals surface area contributed by atoms with E-state index in [1.807, 2.05) is 19.1 Å². The van der Waals surface area contributed by atoms with Gasteiger partial charge in [-0.2, -0.15) is 0 Å². The third-order valence-corrected chi connectivity index (χ3v) is 3.96. The number of thioether (sulfide) groups is 1. The molecule has 2 aromatic rings. The lowest BCUT2D eigenvalue weighted by Crippen LogP contribution is -2.27. The summed E-state index contributed by atoms with van der Waals surface area (Å²) >= 11 is 1.33. The zero-order valence-corrected chi connectivity index (χ0v) is 12.6. The number of aromatic nitrogens is 3. The summed E-state index contributed by atoms with van der Waals surface area (Å²) in [6.07, 6.45) is 1.02. The van der Waals surface area contributed by atoms with Crippen LogP contribution in [0.1, 0.15) is 19.4 Å². The van der Waals surface area contributed by atoms with Crippen LogP contribution in [0, 0.1) is 0 Å². The first-order valence-electron chi connectivity index (χ1n) is 6.54. The second-order valence-corrected chi connectivity index (χ2v) is 5.70. The molecule has 0 saturated heterocycles. The first kappa shape index (κ1) is 14.6. The highest BCUT2D eigenvalue weighted by molar-refractivity contribution is 8.00. The van der Waals surface area contributed by atoms with E-state index >= 15 is 0 Å². The number of carbonyl (C=O) groups excluding carboxylic acids is 1. The minimum Gasteiger partial charge on any atom is -0.358 e. The Hall–Kier alpha value is -1.82. The first-order valence-corrected chi connectivity index (χ1v) is 7.42. The van der Waals surface area contributed by atoms with E-state index in [0.717, 1.165) is 17.8 Å². The maximum absolute atomic E-state index is 11.5. The molecular formula is C14H18N4OS. The zero-order chi connectivity index (χ0) is 14.5. The van der Waals surface area contributed by atoms with E-state index in [0.29, 0.717) is 5.16 Å². The average Bonchev–Trinajstić information content (AvgIpc) is 2.94. The summed E-state index contributed by atoms with van der Waals surface area (Å²) in [6, 6.07) is 8.21. The Labute approximate surface area is 122 Å². The highest BCUT2D eigenvalue weighted by atomic mass is 32.2. The smallest absolute Gasteiger partial charge is 0.233 e. The number of aromatic amines is 1. The molecule has 2 rings (SSSR count). The molecule has 1 aromatic carbocycles. The molecular weight excluding hydrogens is 272 g/mol. The number of amides is 1. The lowest BCUT2D eigenvalue weighted by Gasteiger charge is -2.05. The van der Waals surface area contributed by atoms with Gasteiger partial charge in [0.05, 0.1) is 5.25 Å². The second kappa shape index (κ2) is 6.56. The molecule has 20 heavy (non-hydrogen) atoms. The summed E-state index contributed by atoms with van der Waals surface area (Å²) in [5.74, 6) is 0.688. The molecule has 1 heterocycles. The van der Waals surface area contributed by atoms with E-state index < -0.39 is 0 Å². The Morgan fingerprint density at radius 2 is 2.10 bits per heavy atom. The Kier molecular flexibility index (Phi) is 4.79. The fraction of sp³-hybridized carbons (Fsp3) is 0.357.